The van der Waals surface area contributed by atoms with Gasteiger partial charge in [-0.25, -0.2) is 0 Å². The zero-order chi connectivity index (χ0) is 12.3. The smallest absolute Gasteiger partial charge is 0.0452 e. The second kappa shape index (κ2) is 5.67. The van der Waals surface area contributed by atoms with E-state index in [0.717, 1.165) is 26.9 Å². The van der Waals surface area contributed by atoms with Crippen molar-refractivity contribution in [2.45, 2.75) is 10.6 Å². The summed E-state index contributed by atoms with van der Waals surface area (Å²) in [5.74, 6) is 0.758. The van der Waals surface area contributed by atoms with Crippen LogP contribution in [0.3, 0.4) is 0 Å². The summed E-state index contributed by atoms with van der Waals surface area (Å²) in [6, 6.07) is 13.3. The molecule has 0 bridgehead atoms. The molecule has 1 nitrogen and oxygen atoms in total. The summed E-state index contributed by atoms with van der Waals surface area (Å²) >= 11 is 13.7. The van der Waals surface area contributed by atoms with Gasteiger partial charge in [0.25, 0.3) is 0 Å². The Bertz CT molecular complexity index is 529. The molecule has 2 N–H and O–H groups in total. The Morgan fingerprint density at radius 2 is 1.82 bits per heavy atom. The highest BCUT2D eigenvalue weighted by molar-refractivity contribution is 7.98. The summed E-state index contributed by atoms with van der Waals surface area (Å²) in [7, 11) is 0. The molecule has 0 heterocycles. The van der Waals surface area contributed by atoms with E-state index in [-0.39, 0.29) is 0 Å². The molecule has 0 radical (unpaired) electrons. The van der Waals surface area contributed by atoms with Crippen molar-refractivity contribution in [1.29, 1.82) is 0 Å². The molecule has 0 fully saturated rings. The van der Waals surface area contributed by atoms with Crippen LogP contribution in [0, 0.1) is 0 Å². The third-order valence-corrected chi connectivity index (χ3v) is 4.05. The Kier molecular flexibility index (Phi) is 4.21. The molecule has 0 spiro atoms. The number of anilines is 1. The van der Waals surface area contributed by atoms with E-state index in [0.29, 0.717) is 5.02 Å². The monoisotopic (exact) mass is 283 g/mol. The molecule has 2 aromatic rings. The van der Waals surface area contributed by atoms with Crippen LogP contribution >= 0.6 is 35.0 Å². The topological polar surface area (TPSA) is 26.0 Å². The minimum Gasteiger partial charge on any atom is -0.398 e. The van der Waals surface area contributed by atoms with E-state index in [1.807, 2.05) is 36.4 Å². The van der Waals surface area contributed by atoms with Gasteiger partial charge in [0.1, 0.15) is 0 Å². The highest BCUT2D eigenvalue weighted by Gasteiger charge is 2.04. The predicted molar refractivity (Wildman–Crippen MR) is 76.9 cm³/mol. The Morgan fingerprint density at radius 1 is 1.06 bits per heavy atom. The van der Waals surface area contributed by atoms with Crippen LogP contribution in [0.1, 0.15) is 5.56 Å². The first-order valence-corrected chi connectivity index (χ1v) is 6.82. The normalized spacial score (nSPS) is 10.5. The van der Waals surface area contributed by atoms with Crippen molar-refractivity contribution < 1.29 is 0 Å². The fraction of sp³-hybridized carbons (Fsp3) is 0.0769. The minimum absolute atomic E-state index is 0.700. The average molecular weight is 284 g/mol. The van der Waals surface area contributed by atoms with Gasteiger partial charge in [-0.2, -0.15) is 0 Å². The van der Waals surface area contributed by atoms with E-state index in [1.165, 1.54) is 0 Å². The van der Waals surface area contributed by atoms with Gasteiger partial charge in [0.05, 0.1) is 0 Å². The second-order valence-corrected chi connectivity index (χ2v) is 5.42. The molecule has 17 heavy (non-hydrogen) atoms. The minimum atomic E-state index is 0.700. The zero-order valence-corrected chi connectivity index (χ0v) is 11.3. The summed E-state index contributed by atoms with van der Waals surface area (Å²) in [6.07, 6.45) is 0. The molecule has 0 amide bonds. The fourth-order valence-corrected chi connectivity index (χ4v) is 2.84. The SMILES string of the molecule is Nc1ccccc1SCc1cc(Cl)ccc1Cl. The van der Waals surface area contributed by atoms with Gasteiger partial charge in [-0.05, 0) is 35.9 Å². The van der Waals surface area contributed by atoms with E-state index in [1.54, 1.807) is 17.8 Å². The molecule has 0 aliphatic heterocycles. The largest absolute Gasteiger partial charge is 0.398 e. The van der Waals surface area contributed by atoms with E-state index in [2.05, 4.69) is 0 Å². The van der Waals surface area contributed by atoms with Crippen molar-refractivity contribution in [3.63, 3.8) is 0 Å². The van der Waals surface area contributed by atoms with Crippen LogP contribution in [-0.4, -0.2) is 0 Å². The molecule has 0 saturated carbocycles. The Labute approximate surface area is 115 Å². The number of hydrogen-bond acceptors (Lipinski definition) is 2. The first kappa shape index (κ1) is 12.6. The number of nitrogens with two attached hydrogens (primary N) is 1. The number of thioether (sulfide) groups is 1. The van der Waals surface area contributed by atoms with E-state index in [4.69, 9.17) is 28.9 Å². The average Bonchev–Trinajstić information content (AvgIpc) is 2.32. The Balaban J connectivity index is 2.12. The van der Waals surface area contributed by atoms with Gasteiger partial charge in [-0.15, -0.1) is 11.8 Å². The third kappa shape index (κ3) is 3.32. The van der Waals surface area contributed by atoms with Crippen molar-refractivity contribution >= 4 is 40.7 Å². The Hall–Kier alpha value is -0.830. The summed E-state index contributed by atoms with van der Waals surface area (Å²) in [5.41, 5.74) is 7.68. The molecule has 2 rings (SSSR count). The van der Waals surface area contributed by atoms with Gasteiger partial charge >= 0.3 is 0 Å². The number of nitrogen functional groups attached to an aromatic ring is 1. The van der Waals surface area contributed by atoms with Gasteiger partial charge in [-0.1, -0.05) is 35.3 Å². The predicted octanol–water partition coefficient (Wildman–Crippen LogP) is 4.87. The van der Waals surface area contributed by atoms with Crippen LogP contribution < -0.4 is 5.73 Å². The van der Waals surface area contributed by atoms with Crippen LogP contribution in [0.2, 0.25) is 10.0 Å². The quantitative estimate of drug-likeness (QED) is 0.643. The molecule has 88 valence electrons. The summed E-state index contributed by atoms with van der Waals surface area (Å²) in [5, 5.41) is 1.43. The molecule has 0 saturated heterocycles. The number of para-hydroxylation sites is 1. The molecular weight excluding hydrogens is 273 g/mol. The molecule has 0 atom stereocenters. The molecule has 2 aromatic carbocycles. The number of hydrogen-bond donors (Lipinski definition) is 1. The summed E-state index contributed by atoms with van der Waals surface area (Å²) in [6.45, 7) is 0. The van der Waals surface area contributed by atoms with E-state index < -0.39 is 0 Å². The number of benzene rings is 2. The van der Waals surface area contributed by atoms with Crippen molar-refractivity contribution in [3.05, 3.63) is 58.1 Å². The number of rotatable bonds is 3. The molecule has 0 aliphatic rings. The zero-order valence-electron chi connectivity index (χ0n) is 8.99. The third-order valence-electron chi connectivity index (χ3n) is 2.31. The van der Waals surface area contributed by atoms with Gasteiger partial charge in [0.15, 0.2) is 0 Å². The lowest BCUT2D eigenvalue weighted by atomic mass is 10.2. The molecule has 0 unspecified atom stereocenters. The van der Waals surface area contributed by atoms with Crippen molar-refractivity contribution in [1.82, 2.24) is 0 Å². The molecule has 0 aromatic heterocycles. The highest BCUT2D eigenvalue weighted by Crippen LogP contribution is 2.31. The van der Waals surface area contributed by atoms with Crippen LogP contribution in [0.4, 0.5) is 5.69 Å². The van der Waals surface area contributed by atoms with Crippen molar-refractivity contribution in [2.75, 3.05) is 5.73 Å². The van der Waals surface area contributed by atoms with E-state index in [9.17, 15) is 0 Å². The lowest BCUT2D eigenvalue weighted by molar-refractivity contribution is 1.38. The number of halogens is 2. The van der Waals surface area contributed by atoms with Gasteiger partial charge in [0.2, 0.25) is 0 Å². The summed E-state index contributed by atoms with van der Waals surface area (Å²) < 4.78 is 0. The van der Waals surface area contributed by atoms with Crippen LogP contribution in [0.25, 0.3) is 0 Å². The summed E-state index contributed by atoms with van der Waals surface area (Å²) in [4.78, 5) is 1.06. The highest BCUT2D eigenvalue weighted by atomic mass is 35.5. The first-order valence-electron chi connectivity index (χ1n) is 5.08. The van der Waals surface area contributed by atoms with Crippen LogP contribution in [0.15, 0.2) is 47.4 Å². The molecule has 4 heteroatoms. The van der Waals surface area contributed by atoms with Crippen molar-refractivity contribution in [3.8, 4) is 0 Å². The maximum absolute atomic E-state index is 6.10. The van der Waals surface area contributed by atoms with Crippen LogP contribution in [-0.2, 0) is 5.75 Å². The van der Waals surface area contributed by atoms with Crippen LogP contribution in [0.5, 0.6) is 0 Å². The van der Waals surface area contributed by atoms with Gasteiger partial charge in [0, 0.05) is 26.4 Å². The lowest BCUT2D eigenvalue weighted by Crippen LogP contribution is -1.88. The molecule has 0 aliphatic carbocycles. The lowest BCUT2D eigenvalue weighted by Gasteiger charge is -2.07. The van der Waals surface area contributed by atoms with Crippen molar-refractivity contribution in [2.24, 2.45) is 0 Å². The van der Waals surface area contributed by atoms with E-state index >= 15 is 0 Å². The standard InChI is InChI=1S/C13H11Cl2NS/c14-10-5-6-11(15)9(7-10)8-17-13-4-2-1-3-12(13)16/h1-7H,8,16H2. The molecular formula is C13H11Cl2NS. The fourth-order valence-electron chi connectivity index (χ4n) is 1.42. The first-order chi connectivity index (χ1) is 8.16. The maximum Gasteiger partial charge on any atom is 0.0452 e. The Morgan fingerprint density at radius 3 is 2.59 bits per heavy atom. The van der Waals surface area contributed by atoms with Gasteiger partial charge in [-0.3, -0.25) is 0 Å². The second-order valence-electron chi connectivity index (χ2n) is 3.56. The van der Waals surface area contributed by atoms with Gasteiger partial charge < -0.3 is 5.73 Å². The maximum atomic E-state index is 6.10.